The zero-order valence-corrected chi connectivity index (χ0v) is 19.4. The van der Waals surface area contributed by atoms with Crippen molar-refractivity contribution >= 4 is 35.0 Å². The van der Waals surface area contributed by atoms with Gasteiger partial charge in [0.2, 0.25) is 11.8 Å². The minimum atomic E-state index is -0.203. The predicted molar refractivity (Wildman–Crippen MR) is 126 cm³/mol. The maximum Gasteiger partial charge on any atom is 0.234 e. The van der Waals surface area contributed by atoms with Gasteiger partial charge in [-0.1, -0.05) is 43.8 Å². The smallest absolute Gasteiger partial charge is 0.234 e. The number of thioether (sulfide) groups is 1. The van der Waals surface area contributed by atoms with E-state index in [1.807, 2.05) is 24.3 Å². The van der Waals surface area contributed by atoms with Crippen molar-refractivity contribution in [1.82, 2.24) is 14.8 Å². The number of methoxy groups -OCH3 is 1. The van der Waals surface area contributed by atoms with Gasteiger partial charge in [-0.05, 0) is 41.8 Å². The average molecular weight is 454 g/mol. The van der Waals surface area contributed by atoms with Gasteiger partial charge in [0.05, 0.1) is 19.3 Å². The third-order valence-corrected chi connectivity index (χ3v) is 5.83. The Morgan fingerprint density at radius 3 is 2.44 bits per heavy atom. The molecule has 0 fully saturated rings. The SMILES string of the molecule is COc1ccc(NC(=O)Cc2nnc(SCC(=O)Nc3ccccc3C(C)C)n2C)cc1. The Balaban J connectivity index is 1.54. The van der Waals surface area contributed by atoms with Gasteiger partial charge in [0.1, 0.15) is 11.6 Å². The third kappa shape index (κ3) is 6.10. The number of ether oxygens (including phenoxy) is 1. The minimum absolute atomic E-state index is 0.0735. The highest BCUT2D eigenvalue weighted by Gasteiger charge is 2.15. The minimum Gasteiger partial charge on any atom is -0.497 e. The highest BCUT2D eigenvalue weighted by Crippen LogP contribution is 2.24. The normalized spacial score (nSPS) is 10.8. The molecule has 1 heterocycles. The fourth-order valence-corrected chi connectivity index (χ4v) is 3.81. The maximum atomic E-state index is 12.4. The molecule has 0 saturated heterocycles. The topological polar surface area (TPSA) is 98.1 Å². The van der Waals surface area contributed by atoms with Crippen molar-refractivity contribution in [3.63, 3.8) is 0 Å². The van der Waals surface area contributed by atoms with Crippen LogP contribution < -0.4 is 15.4 Å². The Kier molecular flexibility index (Phi) is 7.88. The molecule has 9 heteroatoms. The summed E-state index contributed by atoms with van der Waals surface area (Å²) < 4.78 is 6.84. The second-order valence-electron chi connectivity index (χ2n) is 7.49. The van der Waals surface area contributed by atoms with Gasteiger partial charge in [-0.25, -0.2) is 0 Å². The summed E-state index contributed by atoms with van der Waals surface area (Å²) in [6.45, 7) is 4.18. The monoisotopic (exact) mass is 453 g/mol. The molecule has 2 aromatic carbocycles. The molecule has 0 saturated carbocycles. The third-order valence-electron chi connectivity index (χ3n) is 4.81. The lowest BCUT2D eigenvalue weighted by molar-refractivity contribution is -0.116. The molecule has 3 aromatic rings. The Labute approximate surface area is 191 Å². The molecule has 0 unspecified atom stereocenters. The number of hydrogen-bond acceptors (Lipinski definition) is 6. The maximum absolute atomic E-state index is 12.4. The van der Waals surface area contributed by atoms with Gasteiger partial charge in [-0.2, -0.15) is 0 Å². The van der Waals surface area contributed by atoms with Crippen molar-refractivity contribution in [2.24, 2.45) is 7.05 Å². The molecule has 0 radical (unpaired) electrons. The number of anilines is 2. The fraction of sp³-hybridized carbons (Fsp3) is 0.304. The average Bonchev–Trinajstić information content (AvgIpc) is 3.12. The first kappa shape index (κ1) is 23.3. The van der Waals surface area contributed by atoms with Crippen molar-refractivity contribution in [2.75, 3.05) is 23.5 Å². The summed E-state index contributed by atoms with van der Waals surface area (Å²) in [7, 11) is 3.37. The zero-order valence-electron chi connectivity index (χ0n) is 18.6. The summed E-state index contributed by atoms with van der Waals surface area (Å²) in [6, 6.07) is 14.9. The number of carbonyl (C=O) groups excluding carboxylic acids is 2. The molecular formula is C23H27N5O3S. The van der Waals surface area contributed by atoms with Crippen LogP contribution in [0.25, 0.3) is 0 Å². The summed E-state index contributed by atoms with van der Waals surface area (Å²) in [5, 5.41) is 14.6. The fourth-order valence-electron chi connectivity index (χ4n) is 3.08. The van der Waals surface area contributed by atoms with E-state index < -0.39 is 0 Å². The molecule has 0 bridgehead atoms. The summed E-state index contributed by atoms with van der Waals surface area (Å²) in [6.07, 6.45) is 0.0735. The highest BCUT2D eigenvalue weighted by atomic mass is 32.2. The molecule has 3 rings (SSSR count). The van der Waals surface area contributed by atoms with E-state index >= 15 is 0 Å². The number of benzene rings is 2. The first-order chi connectivity index (χ1) is 15.4. The summed E-state index contributed by atoms with van der Waals surface area (Å²) >= 11 is 1.28. The van der Waals surface area contributed by atoms with Crippen LogP contribution in [0, 0.1) is 0 Å². The molecular weight excluding hydrogens is 426 g/mol. The van der Waals surface area contributed by atoms with Crippen LogP contribution in [0.4, 0.5) is 11.4 Å². The molecule has 168 valence electrons. The standard InChI is InChI=1S/C23H27N5O3S/c1-15(2)18-7-5-6-8-19(18)25-22(30)14-32-23-27-26-20(28(23)3)13-21(29)24-16-9-11-17(31-4)12-10-16/h5-12,15H,13-14H2,1-4H3,(H,24,29)(H,25,30). The van der Waals surface area contributed by atoms with Crippen LogP contribution in [0.15, 0.2) is 53.7 Å². The van der Waals surface area contributed by atoms with E-state index in [9.17, 15) is 9.59 Å². The Morgan fingerprint density at radius 1 is 1.03 bits per heavy atom. The van der Waals surface area contributed by atoms with E-state index in [4.69, 9.17) is 4.74 Å². The van der Waals surface area contributed by atoms with Crippen LogP contribution in [0.5, 0.6) is 5.75 Å². The van der Waals surface area contributed by atoms with Gasteiger partial charge in [0, 0.05) is 18.4 Å². The second-order valence-corrected chi connectivity index (χ2v) is 8.43. The van der Waals surface area contributed by atoms with Gasteiger partial charge in [0.15, 0.2) is 5.16 Å². The van der Waals surface area contributed by atoms with Crippen molar-refractivity contribution in [1.29, 1.82) is 0 Å². The van der Waals surface area contributed by atoms with E-state index in [0.717, 1.165) is 17.0 Å². The summed E-state index contributed by atoms with van der Waals surface area (Å²) in [5.74, 6) is 1.41. The first-order valence-electron chi connectivity index (χ1n) is 10.2. The molecule has 8 nitrogen and oxygen atoms in total. The lowest BCUT2D eigenvalue weighted by Crippen LogP contribution is -2.17. The van der Waals surface area contributed by atoms with Crippen molar-refractivity contribution < 1.29 is 14.3 Å². The van der Waals surface area contributed by atoms with Crippen LogP contribution in [-0.4, -0.2) is 39.4 Å². The highest BCUT2D eigenvalue weighted by molar-refractivity contribution is 7.99. The van der Waals surface area contributed by atoms with Gasteiger partial charge in [0.25, 0.3) is 0 Å². The van der Waals surface area contributed by atoms with Crippen LogP contribution >= 0.6 is 11.8 Å². The molecule has 0 spiro atoms. The van der Waals surface area contributed by atoms with E-state index in [2.05, 4.69) is 34.7 Å². The second kappa shape index (κ2) is 10.8. The lowest BCUT2D eigenvalue weighted by atomic mass is 10.0. The van der Waals surface area contributed by atoms with Crippen LogP contribution in [-0.2, 0) is 23.1 Å². The molecule has 0 aliphatic rings. The Morgan fingerprint density at radius 2 is 1.75 bits per heavy atom. The van der Waals surface area contributed by atoms with E-state index in [1.165, 1.54) is 11.8 Å². The van der Waals surface area contributed by atoms with Crippen LogP contribution in [0.1, 0.15) is 31.2 Å². The molecule has 2 amide bonds. The van der Waals surface area contributed by atoms with Crippen molar-refractivity contribution in [3.05, 3.63) is 59.9 Å². The number of rotatable bonds is 9. The van der Waals surface area contributed by atoms with Gasteiger partial charge in [-0.3, -0.25) is 9.59 Å². The Hall–Kier alpha value is -3.33. The predicted octanol–water partition coefficient (Wildman–Crippen LogP) is 3.86. The number of hydrogen-bond donors (Lipinski definition) is 2. The number of carbonyl (C=O) groups is 2. The van der Waals surface area contributed by atoms with Crippen molar-refractivity contribution in [2.45, 2.75) is 31.3 Å². The zero-order chi connectivity index (χ0) is 23.1. The van der Waals surface area contributed by atoms with E-state index in [1.54, 1.807) is 43.0 Å². The quantitative estimate of drug-likeness (QED) is 0.478. The summed E-state index contributed by atoms with van der Waals surface area (Å²) in [5.41, 5.74) is 2.59. The number of nitrogens with one attached hydrogen (secondary N) is 2. The van der Waals surface area contributed by atoms with E-state index in [0.29, 0.717) is 22.6 Å². The molecule has 0 aliphatic heterocycles. The number of para-hydroxylation sites is 1. The molecule has 0 atom stereocenters. The van der Waals surface area contributed by atoms with Gasteiger partial charge < -0.3 is 19.9 Å². The largest absolute Gasteiger partial charge is 0.497 e. The van der Waals surface area contributed by atoms with Gasteiger partial charge in [-0.15, -0.1) is 10.2 Å². The summed E-state index contributed by atoms with van der Waals surface area (Å²) in [4.78, 5) is 24.8. The Bertz CT molecular complexity index is 1080. The molecule has 1 aromatic heterocycles. The lowest BCUT2D eigenvalue weighted by Gasteiger charge is -2.13. The molecule has 32 heavy (non-hydrogen) atoms. The number of nitrogens with zero attached hydrogens (tertiary/aromatic N) is 3. The number of aromatic nitrogens is 3. The van der Waals surface area contributed by atoms with E-state index in [-0.39, 0.29) is 24.0 Å². The van der Waals surface area contributed by atoms with Crippen LogP contribution in [0.3, 0.4) is 0 Å². The number of amides is 2. The first-order valence-corrected chi connectivity index (χ1v) is 11.2. The molecule has 0 aliphatic carbocycles. The van der Waals surface area contributed by atoms with Crippen molar-refractivity contribution in [3.8, 4) is 5.75 Å². The molecule has 2 N–H and O–H groups in total. The van der Waals surface area contributed by atoms with Crippen LogP contribution in [0.2, 0.25) is 0 Å². The van der Waals surface area contributed by atoms with Gasteiger partial charge >= 0.3 is 0 Å².